The summed E-state index contributed by atoms with van der Waals surface area (Å²) >= 11 is 0. The molecule has 0 bridgehead atoms. The first-order valence-electron chi connectivity index (χ1n) is 10.7. The molecular weight excluding hydrogens is 386 g/mol. The average Bonchev–Trinajstić information content (AvgIpc) is 3.21. The van der Waals surface area contributed by atoms with Crippen LogP contribution < -0.4 is 0 Å². The molecule has 3 aromatic carbocycles. The van der Waals surface area contributed by atoms with Gasteiger partial charge < -0.3 is 9.47 Å². The Hall–Kier alpha value is -3.40. The Morgan fingerprint density at radius 2 is 1.55 bits per heavy atom. The summed E-state index contributed by atoms with van der Waals surface area (Å²) in [5.74, 6) is 0.0624. The lowest BCUT2D eigenvalue weighted by atomic mass is 9.82. The van der Waals surface area contributed by atoms with Crippen LogP contribution >= 0.6 is 0 Å². The van der Waals surface area contributed by atoms with Crippen LogP contribution in [-0.2, 0) is 27.1 Å². The standard InChI is InChI=1S/C27H27NO3/c1-3-10-20-15-17-21(18-16-20)19-27(26(29)30-2)24(22-11-6-4-7-12-22)31-25(28-27)23-13-8-5-9-14-23/h4-9,11-18,24H,3,10,19H2,1-2H3/t24-,27-/m0/s1. The zero-order valence-electron chi connectivity index (χ0n) is 18.0. The average molecular weight is 414 g/mol. The summed E-state index contributed by atoms with van der Waals surface area (Å²) in [4.78, 5) is 18.2. The van der Waals surface area contributed by atoms with Crippen LogP contribution in [0.4, 0.5) is 0 Å². The van der Waals surface area contributed by atoms with Crippen LogP contribution in [0, 0.1) is 0 Å². The molecule has 0 fully saturated rings. The van der Waals surface area contributed by atoms with Gasteiger partial charge in [0.05, 0.1) is 7.11 Å². The van der Waals surface area contributed by atoms with E-state index in [4.69, 9.17) is 14.5 Å². The molecule has 31 heavy (non-hydrogen) atoms. The van der Waals surface area contributed by atoms with Crippen molar-refractivity contribution < 1.29 is 14.3 Å². The molecule has 0 radical (unpaired) electrons. The first-order valence-corrected chi connectivity index (χ1v) is 10.7. The summed E-state index contributed by atoms with van der Waals surface area (Å²) in [5, 5.41) is 0. The molecule has 1 aliphatic rings. The Bertz CT molecular complexity index is 1040. The third kappa shape index (κ3) is 4.24. The molecule has 4 nitrogen and oxygen atoms in total. The second-order valence-electron chi connectivity index (χ2n) is 7.85. The van der Waals surface area contributed by atoms with E-state index in [-0.39, 0.29) is 0 Å². The summed E-state index contributed by atoms with van der Waals surface area (Å²) in [7, 11) is 1.41. The predicted octanol–water partition coefficient (Wildman–Crippen LogP) is 5.31. The Morgan fingerprint density at radius 1 is 0.935 bits per heavy atom. The second kappa shape index (κ2) is 9.17. The Morgan fingerprint density at radius 3 is 2.16 bits per heavy atom. The zero-order valence-corrected chi connectivity index (χ0v) is 18.0. The van der Waals surface area contributed by atoms with Crippen molar-refractivity contribution in [2.45, 2.75) is 37.8 Å². The van der Waals surface area contributed by atoms with Gasteiger partial charge in [0.15, 0.2) is 6.10 Å². The quantitative estimate of drug-likeness (QED) is 0.493. The maximum atomic E-state index is 13.3. The lowest BCUT2D eigenvalue weighted by Gasteiger charge is -2.29. The van der Waals surface area contributed by atoms with E-state index >= 15 is 0 Å². The van der Waals surface area contributed by atoms with Crippen LogP contribution in [0.5, 0.6) is 0 Å². The van der Waals surface area contributed by atoms with Crippen molar-refractivity contribution in [2.75, 3.05) is 7.11 Å². The summed E-state index contributed by atoms with van der Waals surface area (Å²) in [6.07, 6.45) is 1.95. The number of hydrogen-bond donors (Lipinski definition) is 0. The highest BCUT2D eigenvalue weighted by molar-refractivity contribution is 5.99. The van der Waals surface area contributed by atoms with Gasteiger partial charge >= 0.3 is 5.97 Å². The van der Waals surface area contributed by atoms with Gasteiger partial charge in [0, 0.05) is 12.0 Å². The SMILES string of the molecule is CCCc1ccc(C[C@]2(C(=O)OC)N=C(c3ccccc3)O[C@H]2c2ccccc2)cc1. The number of benzene rings is 3. The lowest BCUT2D eigenvalue weighted by molar-refractivity contribution is -0.149. The second-order valence-corrected chi connectivity index (χ2v) is 7.85. The molecule has 0 N–H and O–H groups in total. The summed E-state index contributed by atoms with van der Waals surface area (Å²) in [6.45, 7) is 2.17. The minimum Gasteiger partial charge on any atom is -0.467 e. The van der Waals surface area contributed by atoms with Crippen LogP contribution in [-0.4, -0.2) is 24.5 Å². The minimum absolute atomic E-state index is 0.391. The van der Waals surface area contributed by atoms with Gasteiger partial charge in [-0.15, -0.1) is 0 Å². The number of hydrogen-bond acceptors (Lipinski definition) is 4. The maximum Gasteiger partial charge on any atom is 0.338 e. The van der Waals surface area contributed by atoms with Gasteiger partial charge in [0.2, 0.25) is 11.4 Å². The molecule has 1 aliphatic heterocycles. The highest BCUT2D eigenvalue weighted by atomic mass is 16.5. The van der Waals surface area contributed by atoms with Crippen molar-refractivity contribution in [1.29, 1.82) is 0 Å². The molecule has 0 spiro atoms. The van der Waals surface area contributed by atoms with Crippen LogP contribution in [0.15, 0.2) is 89.9 Å². The molecule has 1 heterocycles. The first-order chi connectivity index (χ1) is 15.2. The molecule has 0 aromatic heterocycles. The number of carbonyl (C=O) groups is 1. The number of aryl methyl sites for hydroxylation is 1. The number of ether oxygens (including phenoxy) is 2. The number of methoxy groups -OCH3 is 1. The molecule has 4 rings (SSSR count). The van der Waals surface area contributed by atoms with E-state index < -0.39 is 17.6 Å². The smallest absolute Gasteiger partial charge is 0.338 e. The predicted molar refractivity (Wildman–Crippen MR) is 122 cm³/mol. The fraction of sp³-hybridized carbons (Fsp3) is 0.259. The Labute approximate surface area is 183 Å². The molecule has 0 amide bonds. The van der Waals surface area contributed by atoms with Crippen molar-refractivity contribution in [3.05, 3.63) is 107 Å². The van der Waals surface area contributed by atoms with Crippen LogP contribution in [0.3, 0.4) is 0 Å². The van der Waals surface area contributed by atoms with Gasteiger partial charge in [-0.3, -0.25) is 0 Å². The molecule has 0 saturated heterocycles. The van der Waals surface area contributed by atoms with Crippen molar-refractivity contribution in [3.8, 4) is 0 Å². The summed E-state index contributed by atoms with van der Waals surface area (Å²) in [6, 6.07) is 27.9. The van der Waals surface area contributed by atoms with E-state index in [1.807, 2.05) is 60.7 Å². The number of carbonyl (C=O) groups excluding carboxylic acids is 1. The Kier molecular flexibility index (Phi) is 6.17. The fourth-order valence-electron chi connectivity index (χ4n) is 4.12. The van der Waals surface area contributed by atoms with E-state index in [2.05, 4.69) is 31.2 Å². The molecule has 0 saturated carbocycles. The number of esters is 1. The van der Waals surface area contributed by atoms with E-state index in [1.165, 1.54) is 12.7 Å². The largest absolute Gasteiger partial charge is 0.467 e. The van der Waals surface area contributed by atoms with E-state index in [0.29, 0.717) is 12.3 Å². The minimum atomic E-state index is -1.20. The van der Waals surface area contributed by atoms with Crippen molar-refractivity contribution in [1.82, 2.24) is 0 Å². The van der Waals surface area contributed by atoms with Crippen LogP contribution in [0.2, 0.25) is 0 Å². The highest BCUT2D eigenvalue weighted by Gasteiger charge is 2.54. The number of rotatable bonds is 7. The van der Waals surface area contributed by atoms with Gasteiger partial charge in [0.25, 0.3) is 0 Å². The monoisotopic (exact) mass is 413 g/mol. The van der Waals surface area contributed by atoms with Crippen LogP contribution in [0.1, 0.15) is 41.7 Å². The molecule has 3 aromatic rings. The molecule has 158 valence electrons. The van der Waals surface area contributed by atoms with Crippen molar-refractivity contribution in [3.63, 3.8) is 0 Å². The van der Waals surface area contributed by atoms with Gasteiger partial charge in [-0.1, -0.05) is 86.1 Å². The zero-order chi connectivity index (χ0) is 21.7. The molecule has 0 aliphatic carbocycles. The van der Waals surface area contributed by atoms with Crippen LogP contribution in [0.25, 0.3) is 0 Å². The third-order valence-corrected chi connectivity index (χ3v) is 5.66. The Balaban J connectivity index is 1.79. The van der Waals surface area contributed by atoms with Gasteiger partial charge in [0.1, 0.15) is 0 Å². The van der Waals surface area contributed by atoms with Crippen molar-refractivity contribution >= 4 is 11.9 Å². The summed E-state index contributed by atoms with van der Waals surface area (Å²) in [5.41, 5.74) is 2.84. The normalized spacial score (nSPS) is 20.1. The first kappa shape index (κ1) is 20.9. The van der Waals surface area contributed by atoms with E-state index in [9.17, 15) is 4.79 Å². The van der Waals surface area contributed by atoms with Gasteiger partial charge in [-0.2, -0.15) is 0 Å². The molecule has 4 heteroatoms. The molecule has 2 atom stereocenters. The molecule has 0 unspecified atom stereocenters. The third-order valence-electron chi connectivity index (χ3n) is 5.66. The van der Waals surface area contributed by atoms with Gasteiger partial charge in [-0.25, -0.2) is 9.79 Å². The van der Waals surface area contributed by atoms with Gasteiger partial charge in [-0.05, 0) is 35.2 Å². The maximum absolute atomic E-state index is 13.3. The lowest BCUT2D eigenvalue weighted by Crippen LogP contribution is -2.44. The number of nitrogens with zero attached hydrogens (tertiary/aromatic N) is 1. The number of aliphatic imine (C=N–C) groups is 1. The van der Waals surface area contributed by atoms with E-state index in [1.54, 1.807) is 0 Å². The molecular formula is C27H27NO3. The van der Waals surface area contributed by atoms with E-state index in [0.717, 1.165) is 29.5 Å². The summed E-state index contributed by atoms with van der Waals surface area (Å²) < 4.78 is 11.6. The fourth-order valence-corrected chi connectivity index (χ4v) is 4.12. The van der Waals surface area contributed by atoms with Crippen molar-refractivity contribution in [2.24, 2.45) is 4.99 Å². The topological polar surface area (TPSA) is 47.9 Å². The highest BCUT2D eigenvalue weighted by Crippen LogP contribution is 2.42.